The lowest BCUT2D eigenvalue weighted by Crippen LogP contribution is -2.49. The van der Waals surface area contributed by atoms with Crippen LogP contribution in [0.1, 0.15) is 32.6 Å². The Kier molecular flexibility index (Phi) is 4.62. The monoisotopic (exact) mass is 226 g/mol. The van der Waals surface area contributed by atoms with Gasteiger partial charge in [-0.25, -0.2) is 0 Å². The van der Waals surface area contributed by atoms with E-state index in [-0.39, 0.29) is 0 Å². The van der Waals surface area contributed by atoms with Gasteiger partial charge in [0.15, 0.2) is 0 Å². The quantitative estimate of drug-likeness (QED) is 0.789. The lowest BCUT2D eigenvalue weighted by atomic mass is 9.93. The molecule has 2 rings (SSSR count). The summed E-state index contributed by atoms with van der Waals surface area (Å²) in [5, 5.41) is 3.45. The molecule has 0 aliphatic carbocycles. The van der Waals surface area contributed by atoms with Crippen LogP contribution in [-0.4, -0.2) is 50.3 Å². The number of hydrogen-bond acceptors (Lipinski definition) is 3. The maximum atomic E-state index is 5.62. The van der Waals surface area contributed by atoms with Crippen LogP contribution >= 0.6 is 0 Å². The van der Waals surface area contributed by atoms with Crippen molar-refractivity contribution in [2.45, 2.75) is 44.7 Å². The second-order valence-corrected chi connectivity index (χ2v) is 5.36. The van der Waals surface area contributed by atoms with E-state index in [1.807, 2.05) is 0 Å². The summed E-state index contributed by atoms with van der Waals surface area (Å²) in [6.07, 6.45) is 5.33. The molecular weight excluding hydrogens is 200 g/mol. The third kappa shape index (κ3) is 2.96. The van der Waals surface area contributed by atoms with E-state index in [1.165, 1.54) is 38.8 Å². The Morgan fingerprint density at radius 2 is 2.19 bits per heavy atom. The van der Waals surface area contributed by atoms with Crippen LogP contribution in [-0.2, 0) is 4.74 Å². The number of rotatable bonds is 3. The normalized spacial score (nSPS) is 37.5. The van der Waals surface area contributed by atoms with E-state index in [9.17, 15) is 0 Å². The fourth-order valence-electron chi connectivity index (χ4n) is 3.09. The Bertz CT molecular complexity index is 210. The van der Waals surface area contributed by atoms with Crippen LogP contribution in [0.4, 0.5) is 0 Å². The molecule has 3 unspecified atom stereocenters. The van der Waals surface area contributed by atoms with Gasteiger partial charge in [-0.1, -0.05) is 6.42 Å². The number of nitrogens with zero attached hydrogens (tertiary/aromatic N) is 1. The minimum atomic E-state index is 0.655. The third-order valence-corrected chi connectivity index (χ3v) is 4.25. The van der Waals surface area contributed by atoms with E-state index in [0.29, 0.717) is 12.0 Å². The van der Waals surface area contributed by atoms with Gasteiger partial charge in [-0.15, -0.1) is 0 Å². The van der Waals surface area contributed by atoms with Gasteiger partial charge in [0.2, 0.25) is 0 Å². The average molecular weight is 226 g/mol. The summed E-state index contributed by atoms with van der Waals surface area (Å²) in [4.78, 5) is 2.66. The fourth-order valence-corrected chi connectivity index (χ4v) is 3.09. The van der Waals surface area contributed by atoms with Gasteiger partial charge in [0.25, 0.3) is 0 Å². The van der Waals surface area contributed by atoms with Crippen molar-refractivity contribution in [3.8, 4) is 0 Å². The van der Waals surface area contributed by atoms with E-state index in [0.717, 1.165) is 19.3 Å². The zero-order valence-corrected chi connectivity index (χ0v) is 10.7. The van der Waals surface area contributed by atoms with Crippen LogP contribution in [0.25, 0.3) is 0 Å². The summed E-state index contributed by atoms with van der Waals surface area (Å²) >= 11 is 0. The summed E-state index contributed by atoms with van der Waals surface area (Å²) in [5.41, 5.74) is 0. The van der Waals surface area contributed by atoms with E-state index in [1.54, 1.807) is 0 Å². The minimum Gasteiger partial charge on any atom is -0.381 e. The number of piperidine rings is 1. The van der Waals surface area contributed by atoms with E-state index >= 15 is 0 Å². The van der Waals surface area contributed by atoms with Crippen LogP contribution in [0.5, 0.6) is 0 Å². The number of hydrogen-bond donors (Lipinski definition) is 1. The van der Waals surface area contributed by atoms with Crippen LogP contribution in [0.15, 0.2) is 0 Å². The first-order valence-corrected chi connectivity index (χ1v) is 6.80. The molecule has 0 spiro atoms. The molecule has 1 N–H and O–H groups in total. The molecule has 3 heteroatoms. The van der Waals surface area contributed by atoms with Crippen molar-refractivity contribution < 1.29 is 4.74 Å². The standard InChI is InChI=1S/C13H26N2O/c1-11-5-3-4-7-15(11)9-12-10-16-8-6-13(12)14-2/h11-14H,3-10H2,1-2H3. The molecule has 2 aliphatic heterocycles. The fraction of sp³-hybridized carbons (Fsp3) is 1.00. The molecular formula is C13H26N2O. The summed E-state index contributed by atoms with van der Waals surface area (Å²) in [5.74, 6) is 0.680. The van der Waals surface area contributed by atoms with Gasteiger partial charge in [0.05, 0.1) is 6.61 Å². The van der Waals surface area contributed by atoms with Crippen molar-refractivity contribution in [1.29, 1.82) is 0 Å². The highest BCUT2D eigenvalue weighted by atomic mass is 16.5. The zero-order valence-electron chi connectivity index (χ0n) is 10.7. The first-order valence-electron chi connectivity index (χ1n) is 6.80. The van der Waals surface area contributed by atoms with Crippen molar-refractivity contribution in [2.24, 2.45) is 5.92 Å². The Balaban J connectivity index is 1.86. The molecule has 2 saturated heterocycles. The predicted molar refractivity (Wildman–Crippen MR) is 66.7 cm³/mol. The van der Waals surface area contributed by atoms with E-state index in [4.69, 9.17) is 4.74 Å². The van der Waals surface area contributed by atoms with Crippen LogP contribution < -0.4 is 5.32 Å². The van der Waals surface area contributed by atoms with Crippen molar-refractivity contribution in [1.82, 2.24) is 10.2 Å². The maximum absolute atomic E-state index is 5.62. The molecule has 3 nitrogen and oxygen atoms in total. The Labute approximate surface area is 99.5 Å². The van der Waals surface area contributed by atoms with Gasteiger partial charge in [-0.05, 0) is 39.8 Å². The van der Waals surface area contributed by atoms with Crippen molar-refractivity contribution in [2.75, 3.05) is 33.4 Å². The molecule has 0 aromatic carbocycles. The highest BCUT2D eigenvalue weighted by molar-refractivity contribution is 4.83. The van der Waals surface area contributed by atoms with Gasteiger partial charge < -0.3 is 15.0 Å². The maximum Gasteiger partial charge on any atom is 0.0521 e. The molecule has 0 radical (unpaired) electrons. The van der Waals surface area contributed by atoms with Crippen LogP contribution in [0.3, 0.4) is 0 Å². The van der Waals surface area contributed by atoms with Crippen molar-refractivity contribution >= 4 is 0 Å². The zero-order chi connectivity index (χ0) is 11.4. The van der Waals surface area contributed by atoms with Crippen LogP contribution in [0.2, 0.25) is 0 Å². The molecule has 0 bridgehead atoms. The molecule has 0 saturated carbocycles. The average Bonchev–Trinajstić information content (AvgIpc) is 2.33. The SMILES string of the molecule is CNC1CCOCC1CN1CCCCC1C. The summed E-state index contributed by atoms with van der Waals surface area (Å²) < 4.78 is 5.62. The predicted octanol–water partition coefficient (Wildman–Crippen LogP) is 1.49. The Hall–Kier alpha value is -0.120. The van der Waals surface area contributed by atoms with Gasteiger partial charge in [0, 0.05) is 31.2 Å². The molecule has 16 heavy (non-hydrogen) atoms. The lowest BCUT2D eigenvalue weighted by Gasteiger charge is -2.39. The van der Waals surface area contributed by atoms with Crippen LogP contribution in [0, 0.1) is 5.92 Å². The van der Waals surface area contributed by atoms with Gasteiger partial charge in [0.1, 0.15) is 0 Å². The lowest BCUT2D eigenvalue weighted by molar-refractivity contribution is 0.00821. The Morgan fingerprint density at radius 3 is 2.94 bits per heavy atom. The first kappa shape index (κ1) is 12.3. The largest absolute Gasteiger partial charge is 0.381 e. The molecule has 0 aromatic rings. The second kappa shape index (κ2) is 5.99. The van der Waals surface area contributed by atoms with Crippen molar-refractivity contribution in [3.05, 3.63) is 0 Å². The van der Waals surface area contributed by atoms with E-state index in [2.05, 4.69) is 24.2 Å². The number of likely N-dealkylation sites (tertiary alicyclic amines) is 1. The topological polar surface area (TPSA) is 24.5 Å². The molecule has 2 heterocycles. The molecule has 94 valence electrons. The third-order valence-electron chi connectivity index (χ3n) is 4.25. The second-order valence-electron chi connectivity index (χ2n) is 5.36. The molecule has 2 fully saturated rings. The highest BCUT2D eigenvalue weighted by Gasteiger charge is 2.28. The van der Waals surface area contributed by atoms with Crippen molar-refractivity contribution in [3.63, 3.8) is 0 Å². The molecule has 0 aromatic heterocycles. The first-order chi connectivity index (χ1) is 7.81. The molecule has 3 atom stereocenters. The smallest absolute Gasteiger partial charge is 0.0521 e. The number of nitrogens with one attached hydrogen (secondary N) is 1. The molecule has 0 amide bonds. The minimum absolute atomic E-state index is 0.655. The highest BCUT2D eigenvalue weighted by Crippen LogP contribution is 2.21. The summed E-state index contributed by atoms with van der Waals surface area (Å²) in [7, 11) is 2.09. The Morgan fingerprint density at radius 1 is 1.31 bits per heavy atom. The van der Waals surface area contributed by atoms with Gasteiger partial charge >= 0.3 is 0 Å². The van der Waals surface area contributed by atoms with Gasteiger partial charge in [-0.2, -0.15) is 0 Å². The summed E-state index contributed by atoms with van der Waals surface area (Å²) in [6.45, 7) is 6.74. The van der Waals surface area contributed by atoms with E-state index < -0.39 is 0 Å². The molecule has 2 aliphatic rings. The van der Waals surface area contributed by atoms with Gasteiger partial charge in [-0.3, -0.25) is 0 Å². The number of ether oxygens (including phenoxy) is 1. The summed E-state index contributed by atoms with van der Waals surface area (Å²) in [6, 6.07) is 1.43.